The predicted molar refractivity (Wildman–Crippen MR) is 122 cm³/mol. The maximum Gasteiger partial charge on any atom is 0.252 e. The normalized spacial score (nSPS) is 13.3. The minimum atomic E-state index is -0.145. The summed E-state index contributed by atoms with van der Waals surface area (Å²) in [6, 6.07) is 11.2. The maximum atomic E-state index is 13.1. The summed E-state index contributed by atoms with van der Waals surface area (Å²) in [5.74, 6) is 1.26. The monoisotopic (exact) mass is 443 g/mol. The van der Waals surface area contributed by atoms with Gasteiger partial charge < -0.3 is 14.4 Å². The van der Waals surface area contributed by atoms with E-state index in [4.69, 9.17) is 26.1 Å². The molecule has 1 aliphatic rings. The molecule has 1 aliphatic heterocycles. The van der Waals surface area contributed by atoms with E-state index in [1.165, 1.54) is 11.3 Å². The molecule has 0 fully saturated rings. The van der Waals surface area contributed by atoms with Crippen LogP contribution in [0.2, 0.25) is 5.02 Å². The van der Waals surface area contributed by atoms with Crippen LogP contribution in [0.1, 0.15) is 5.56 Å². The number of ether oxygens (including phenoxy) is 2. The van der Waals surface area contributed by atoms with Gasteiger partial charge in [-0.1, -0.05) is 41.1 Å². The van der Waals surface area contributed by atoms with Crippen LogP contribution in [-0.4, -0.2) is 56.2 Å². The molecular formula is C22H22ClN3O3S. The summed E-state index contributed by atoms with van der Waals surface area (Å²) in [5, 5.41) is 1.25. The van der Waals surface area contributed by atoms with Gasteiger partial charge in [0.25, 0.3) is 5.91 Å². The van der Waals surface area contributed by atoms with Crippen LogP contribution in [0.4, 0.5) is 5.13 Å². The van der Waals surface area contributed by atoms with E-state index in [1.807, 2.05) is 49.3 Å². The Hall–Kier alpha value is -2.61. The van der Waals surface area contributed by atoms with Crippen molar-refractivity contribution < 1.29 is 14.3 Å². The number of anilines is 1. The molecule has 0 aliphatic carbocycles. The molecule has 2 aromatic carbocycles. The molecule has 0 spiro atoms. The summed E-state index contributed by atoms with van der Waals surface area (Å²) in [6.07, 6.45) is 3.28. The Kier molecular flexibility index (Phi) is 6.22. The third-order valence-corrected chi connectivity index (χ3v) is 6.00. The molecule has 30 heavy (non-hydrogen) atoms. The molecule has 4 rings (SSSR count). The number of hydrogen-bond acceptors (Lipinski definition) is 6. The molecule has 1 amide bonds. The fourth-order valence-corrected chi connectivity index (χ4v) is 4.24. The van der Waals surface area contributed by atoms with E-state index < -0.39 is 0 Å². The van der Waals surface area contributed by atoms with Crippen LogP contribution in [-0.2, 0) is 4.79 Å². The number of halogens is 1. The second-order valence-electron chi connectivity index (χ2n) is 7.11. The first-order valence-corrected chi connectivity index (χ1v) is 10.8. The molecule has 0 unspecified atom stereocenters. The first-order chi connectivity index (χ1) is 14.5. The number of likely N-dealkylation sites (N-methyl/N-ethyl adjacent to an activating group) is 1. The zero-order chi connectivity index (χ0) is 21.1. The van der Waals surface area contributed by atoms with Gasteiger partial charge in [0.05, 0.1) is 10.2 Å². The highest BCUT2D eigenvalue weighted by Gasteiger charge is 2.20. The third kappa shape index (κ3) is 4.59. The average Bonchev–Trinajstić information content (AvgIpc) is 3.13. The Morgan fingerprint density at radius 2 is 1.90 bits per heavy atom. The van der Waals surface area contributed by atoms with Gasteiger partial charge in [-0.25, -0.2) is 4.98 Å². The van der Waals surface area contributed by atoms with Crippen molar-refractivity contribution in [1.29, 1.82) is 0 Å². The number of fused-ring (bicyclic) bond motifs is 2. The Morgan fingerprint density at radius 3 is 2.63 bits per heavy atom. The molecule has 0 saturated heterocycles. The van der Waals surface area contributed by atoms with Gasteiger partial charge in [-0.2, -0.15) is 0 Å². The first-order valence-electron chi connectivity index (χ1n) is 9.60. The lowest BCUT2D eigenvalue weighted by atomic mass is 10.2. The third-order valence-electron chi connectivity index (χ3n) is 4.62. The van der Waals surface area contributed by atoms with E-state index in [9.17, 15) is 4.79 Å². The number of thiazole rings is 1. The van der Waals surface area contributed by atoms with Gasteiger partial charge in [0, 0.05) is 36.3 Å². The van der Waals surface area contributed by atoms with Crippen molar-refractivity contribution in [2.75, 3.05) is 45.3 Å². The molecule has 0 N–H and O–H groups in total. The van der Waals surface area contributed by atoms with Gasteiger partial charge in [0.1, 0.15) is 13.2 Å². The largest absolute Gasteiger partial charge is 0.486 e. The second kappa shape index (κ2) is 9.04. The maximum absolute atomic E-state index is 13.1. The van der Waals surface area contributed by atoms with Crippen molar-refractivity contribution in [1.82, 2.24) is 9.88 Å². The van der Waals surface area contributed by atoms with Crippen molar-refractivity contribution >= 4 is 50.3 Å². The minimum absolute atomic E-state index is 0.145. The molecule has 156 valence electrons. The smallest absolute Gasteiger partial charge is 0.252 e. The summed E-state index contributed by atoms with van der Waals surface area (Å²) in [4.78, 5) is 21.5. The van der Waals surface area contributed by atoms with Gasteiger partial charge in [-0.05, 0) is 31.8 Å². The van der Waals surface area contributed by atoms with Crippen molar-refractivity contribution in [2.45, 2.75) is 0 Å². The Labute approximate surface area is 184 Å². The van der Waals surface area contributed by atoms with Crippen molar-refractivity contribution in [3.63, 3.8) is 0 Å². The second-order valence-corrected chi connectivity index (χ2v) is 8.52. The summed E-state index contributed by atoms with van der Waals surface area (Å²) >= 11 is 7.67. The van der Waals surface area contributed by atoms with Crippen molar-refractivity contribution in [2.24, 2.45) is 0 Å². The SMILES string of the molecule is CN(C)CCN(C(=O)C=Cc1ccccc1Cl)c1nc2cc3c(cc2s1)OCCO3. The molecule has 6 nitrogen and oxygen atoms in total. The topological polar surface area (TPSA) is 54.9 Å². The molecule has 0 bridgehead atoms. The number of nitrogens with zero attached hydrogens (tertiary/aromatic N) is 3. The van der Waals surface area contributed by atoms with Crippen molar-refractivity contribution in [3.8, 4) is 11.5 Å². The number of amides is 1. The molecular weight excluding hydrogens is 422 g/mol. The summed E-state index contributed by atoms with van der Waals surface area (Å²) in [7, 11) is 3.95. The number of rotatable bonds is 6. The number of hydrogen-bond donors (Lipinski definition) is 0. The molecule has 0 saturated carbocycles. The lowest BCUT2D eigenvalue weighted by molar-refractivity contribution is -0.114. The fourth-order valence-electron chi connectivity index (χ4n) is 3.03. The lowest BCUT2D eigenvalue weighted by Gasteiger charge is -2.20. The Bertz CT molecular complexity index is 1050. The molecule has 0 radical (unpaired) electrons. The van der Waals surface area contributed by atoms with E-state index in [1.54, 1.807) is 23.1 Å². The standard InChI is InChI=1S/C22H22ClN3O3S/c1-25(2)9-10-26(21(27)8-7-15-5-3-4-6-16(15)23)22-24-17-13-18-19(14-20(17)30-22)29-12-11-28-18/h3-8,13-14H,9-12H2,1-2H3. The van der Waals surface area contributed by atoms with E-state index in [2.05, 4.69) is 0 Å². The summed E-state index contributed by atoms with van der Waals surface area (Å²) < 4.78 is 12.3. The van der Waals surface area contributed by atoms with E-state index >= 15 is 0 Å². The Morgan fingerprint density at radius 1 is 1.17 bits per heavy atom. The molecule has 3 aromatic rings. The average molecular weight is 444 g/mol. The molecule has 0 atom stereocenters. The van der Waals surface area contributed by atoms with E-state index in [-0.39, 0.29) is 5.91 Å². The van der Waals surface area contributed by atoms with Crippen molar-refractivity contribution in [3.05, 3.63) is 53.1 Å². The first kappa shape index (κ1) is 20.7. The lowest BCUT2D eigenvalue weighted by Crippen LogP contribution is -2.35. The van der Waals surface area contributed by atoms with E-state index in [0.717, 1.165) is 15.8 Å². The summed E-state index contributed by atoms with van der Waals surface area (Å²) in [6.45, 7) is 2.29. The van der Waals surface area contributed by atoms with Crippen LogP contribution in [0, 0.1) is 0 Å². The zero-order valence-corrected chi connectivity index (χ0v) is 18.4. The quantitative estimate of drug-likeness (QED) is 0.531. The van der Waals surface area contributed by atoms with Crippen LogP contribution < -0.4 is 14.4 Å². The summed E-state index contributed by atoms with van der Waals surface area (Å²) in [5.41, 5.74) is 1.59. The molecule has 1 aromatic heterocycles. The van der Waals surface area contributed by atoms with Crippen LogP contribution in [0.15, 0.2) is 42.5 Å². The van der Waals surface area contributed by atoms with Crippen LogP contribution in [0.25, 0.3) is 16.3 Å². The van der Waals surface area contributed by atoms with Gasteiger partial charge in [-0.15, -0.1) is 0 Å². The highest BCUT2D eigenvalue weighted by Crippen LogP contribution is 2.38. The highest BCUT2D eigenvalue weighted by atomic mass is 35.5. The van der Waals surface area contributed by atoms with Gasteiger partial charge in [0.2, 0.25) is 0 Å². The number of aromatic nitrogens is 1. The van der Waals surface area contributed by atoms with Crippen LogP contribution in [0.3, 0.4) is 0 Å². The fraction of sp³-hybridized carbons (Fsp3) is 0.273. The molecule has 2 heterocycles. The van der Waals surface area contributed by atoms with Crippen LogP contribution >= 0.6 is 22.9 Å². The number of carbonyl (C=O) groups excluding carboxylic acids is 1. The highest BCUT2D eigenvalue weighted by molar-refractivity contribution is 7.22. The van der Waals surface area contributed by atoms with Gasteiger partial charge in [-0.3, -0.25) is 9.69 Å². The predicted octanol–water partition coefficient (Wildman–Crippen LogP) is 4.33. The number of benzene rings is 2. The minimum Gasteiger partial charge on any atom is -0.486 e. The zero-order valence-electron chi connectivity index (χ0n) is 16.8. The van der Waals surface area contributed by atoms with Gasteiger partial charge in [0.15, 0.2) is 16.6 Å². The Balaban J connectivity index is 1.64. The molecule has 8 heteroatoms. The van der Waals surface area contributed by atoms with Crippen LogP contribution in [0.5, 0.6) is 11.5 Å². The van der Waals surface area contributed by atoms with E-state index in [0.29, 0.717) is 48.0 Å². The van der Waals surface area contributed by atoms with Gasteiger partial charge >= 0.3 is 0 Å². The number of carbonyl (C=O) groups is 1.